The third-order valence-electron chi connectivity index (χ3n) is 3.48. The normalized spacial score (nSPS) is 10.5. The van der Waals surface area contributed by atoms with E-state index in [0.29, 0.717) is 12.1 Å². The van der Waals surface area contributed by atoms with E-state index < -0.39 is 0 Å². The summed E-state index contributed by atoms with van der Waals surface area (Å²) in [6, 6.07) is 15.0. The lowest BCUT2D eigenvalue weighted by Gasteiger charge is -2.07. The lowest BCUT2D eigenvalue weighted by molar-refractivity contribution is 0.0947. The molecule has 0 saturated carbocycles. The SMILES string of the molecule is Cc1cccc(C(=O)NCc2csc(-c3ccccc3)n2)c1O. The van der Waals surface area contributed by atoms with Crippen molar-refractivity contribution in [2.24, 2.45) is 0 Å². The Balaban J connectivity index is 1.68. The predicted molar refractivity (Wildman–Crippen MR) is 91.6 cm³/mol. The molecule has 2 N–H and O–H groups in total. The highest BCUT2D eigenvalue weighted by molar-refractivity contribution is 7.13. The molecule has 1 amide bonds. The lowest BCUT2D eigenvalue weighted by atomic mass is 10.1. The van der Waals surface area contributed by atoms with Gasteiger partial charge in [0.25, 0.3) is 5.91 Å². The Morgan fingerprint density at radius 1 is 1.17 bits per heavy atom. The maximum atomic E-state index is 12.2. The van der Waals surface area contributed by atoms with Gasteiger partial charge in [-0.2, -0.15) is 0 Å². The number of benzene rings is 2. The van der Waals surface area contributed by atoms with Gasteiger partial charge in [0, 0.05) is 10.9 Å². The van der Waals surface area contributed by atoms with Crippen LogP contribution < -0.4 is 5.32 Å². The summed E-state index contributed by atoms with van der Waals surface area (Å²) in [6.45, 7) is 2.09. The number of rotatable bonds is 4. The van der Waals surface area contributed by atoms with Gasteiger partial charge in [-0.25, -0.2) is 4.98 Å². The summed E-state index contributed by atoms with van der Waals surface area (Å²) in [5.41, 5.74) is 2.82. The van der Waals surface area contributed by atoms with Gasteiger partial charge in [0.05, 0.1) is 17.8 Å². The first-order valence-corrected chi connectivity index (χ1v) is 8.09. The molecule has 0 bridgehead atoms. The molecule has 4 nitrogen and oxygen atoms in total. The van der Waals surface area contributed by atoms with E-state index in [-0.39, 0.29) is 17.2 Å². The minimum absolute atomic E-state index is 0.0215. The molecule has 0 saturated heterocycles. The minimum atomic E-state index is -0.305. The van der Waals surface area contributed by atoms with Crippen molar-refractivity contribution >= 4 is 17.2 Å². The first-order valence-electron chi connectivity index (χ1n) is 7.22. The standard InChI is InChI=1S/C18H16N2O2S/c1-12-6-5-9-15(16(12)21)17(22)19-10-14-11-23-18(20-14)13-7-3-2-4-8-13/h2-9,11,21H,10H2,1H3,(H,19,22). The van der Waals surface area contributed by atoms with Crippen LogP contribution >= 0.6 is 11.3 Å². The van der Waals surface area contributed by atoms with E-state index >= 15 is 0 Å². The monoisotopic (exact) mass is 324 g/mol. The number of amides is 1. The van der Waals surface area contributed by atoms with Gasteiger partial charge >= 0.3 is 0 Å². The number of thiazole rings is 1. The Labute approximate surface area is 138 Å². The highest BCUT2D eigenvalue weighted by Crippen LogP contribution is 2.24. The summed E-state index contributed by atoms with van der Waals surface area (Å²) in [4.78, 5) is 16.7. The Morgan fingerprint density at radius 2 is 1.96 bits per heavy atom. The number of carbonyl (C=O) groups is 1. The average molecular weight is 324 g/mol. The zero-order valence-electron chi connectivity index (χ0n) is 12.6. The number of aryl methyl sites for hydroxylation is 1. The second-order valence-electron chi connectivity index (χ2n) is 5.16. The zero-order valence-corrected chi connectivity index (χ0v) is 13.4. The molecule has 0 atom stereocenters. The number of phenolic OH excluding ortho intramolecular Hbond substituents is 1. The van der Waals surface area contributed by atoms with Gasteiger partial charge in [-0.3, -0.25) is 4.79 Å². The summed E-state index contributed by atoms with van der Waals surface area (Å²) in [6.07, 6.45) is 0. The van der Waals surface area contributed by atoms with E-state index in [2.05, 4.69) is 10.3 Å². The molecule has 5 heteroatoms. The van der Waals surface area contributed by atoms with Gasteiger partial charge in [0.1, 0.15) is 10.8 Å². The second-order valence-corrected chi connectivity index (χ2v) is 6.02. The fraction of sp³-hybridized carbons (Fsp3) is 0.111. The molecule has 2 aromatic carbocycles. The minimum Gasteiger partial charge on any atom is -0.507 e. The molecular formula is C18H16N2O2S. The highest BCUT2D eigenvalue weighted by Gasteiger charge is 2.13. The molecule has 1 aromatic heterocycles. The van der Waals surface area contributed by atoms with Crippen molar-refractivity contribution in [3.63, 3.8) is 0 Å². The molecular weight excluding hydrogens is 308 g/mol. The Morgan fingerprint density at radius 3 is 2.74 bits per heavy atom. The van der Waals surface area contributed by atoms with Gasteiger partial charge < -0.3 is 10.4 Å². The van der Waals surface area contributed by atoms with Crippen LogP contribution in [0.2, 0.25) is 0 Å². The van der Waals surface area contributed by atoms with Crippen LogP contribution in [0.5, 0.6) is 5.75 Å². The van der Waals surface area contributed by atoms with Crippen molar-refractivity contribution in [3.8, 4) is 16.3 Å². The fourth-order valence-electron chi connectivity index (χ4n) is 2.21. The summed E-state index contributed by atoms with van der Waals surface area (Å²) in [7, 11) is 0. The van der Waals surface area contributed by atoms with Crippen molar-refractivity contribution in [2.75, 3.05) is 0 Å². The Bertz CT molecular complexity index is 828. The summed E-state index contributed by atoms with van der Waals surface area (Å²) < 4.78 is 0. The number of carbonyl (C=O) groups excluding carboxylic acids is 1. The molecule has 0 radical (unpaired) electrons. The van der Waals surface area contributed by atoms with E-state index in [9.17, 15) is 9.90 Å². The number of nitrogens with one attached hydrogen (secondary N) is 1. The maximum absolute atomic E-state index is 12.2. The number of nitrogens with zero attached hydrogens (tertiary/aromatic N) is 1. The third kappa shape index (κ3) is 3.40. The van der Waals surface area contributed by atoms with E-state index in [4.69, 9.17) is 0 Å². The molecule has 23 heavy (non-hydrogen) atoms. The Hall–Kier alpha value is -2.66. The van der Waals surface area contributed by atoms with Gasteiger partial charge in [-0.05, 0) is 18.6 Å². The summed E-state index contributed by atoms with van der Waals surface area (Å²) in [5, 5.41) is 15.6. The van der Waals surface area contributed by atoms with Crippen LogP contribution in [0.4, 0.5) is 0 Å². The molecule has 0 spiro atoms. The lowest BCUT2D eigenvalue weighted by Crippen LogP contribution is -2.23. The van der Waals surface area contributed by atoms with Crippen molar-refractivity contribution in [3.05, 3.63) is 70.7 Å². The number of phenols is 1. The smallest absolute Gasteiger partial charge is 0.255 e. The maximum Gasteiger partial charge on any atom is 0.255 e. The van der Waals surface area contributed by atoms with Crippen molar-refractivity contribution in [1.29, 1.82) is 0 Å². The van der Waals surface area contributed by atoms with Crippen LogP contribution in [0.3, 0.4) is 0 Å². The zero-order chi connectivity index (χ0) is 16.2. The van der Waals surface area contributed by atoms with Gasteiger partial charge in [0.2, 0.25) is 0 Å². The van der Waals surface area contributed by atoms with Crippen LogP contribution in [-0.2, 0) is 6.54 Å². The van der Waals surface area contributed by atoms with Gasteiger partial charge in [0.15, 0.2) is 0 Å². The third-order valence-corrected chi connectivity index (χ3v) is 4.43. The number of aromatic nitrogens is 1. The molecule has 0 aliphatic carbocycles. The predicted octanol–water partition coefficient (Wildman–Crippen LogP) is 3.75. The molecule has 0 aliphatic rings. The number of hydrogen-bond acceptors (Lipinski definition) is 4. The van der Waals surface area contributed by atoms with E-state index in [1.807, 2.05) is 35.7 Å². The number of para-hydroxylation sites is 1. The van der Waals surface area contributed by atoms with E-state index in [1.165, 1.54) is 0 Å². The van der Waals surface area contributed by atoms with Crippen LogP contribution in [0.25, 0.3) is 10.6 Å². The molecule has 0 unspecified atom stereocenters. The molecule has 0 fully saturated rings. The topological polar surface area (TPSA) is 62.2 Å². The summed E-state index contributed by atoms with van der Waals surface area (Å²) >= 11 is 1.54. The molecule has 1 heterocycles. The van der Waals surface area contributed by atoms with Crippen LogP contribution in [-0.4, -0.2) is 16.0 Å². The molecule has 3 aromatic rings. The van der Waals surface area contributed by atoms with Crippen molar-refractivity contribution in [1.82, 2.24) is 10.3 Å². The van der Waals surface area contributed by atoms with Crippen LogP contribution in [0, 0.1) is 6.92 Å². The first kappa shape index (κ1) is 15.2. The van der Waals surface area contributed by atoms with Crippen LogP contribution in [0.1, 0.15) is 21.6 Å². The Kier molecular flexibility index (Phi) is 4.39. The van der Waals surface area contributed by atoms with Crippen LogP contribution in [0.15, 0.2) is 53.9 Å². The van der Waals surface area contributed by atoms with Crippen molar-refractivity contribution < 1.29 is 9.90 Å². The second kappa shape index (κ2) is 6.62. The number of aromatic hydroxyl groups is 1. The number of hydrogen-bond donors (Lipinski definition) is 2. The first-order chi connectivity index (χ1) is 11.1. The van der Waals surface area contributed by atoms with Gasteiger partial charge in [-0.15, -0.1) is 11.3 Å². The molecule has 116 valence electrons. The highest BCUT2D eigenvalue weighted by atomic mass is 32.1. The van der Waals surface area contributed by atoms with E-state index in [1.54, 1.807) is 36.5 Å². The molecule has 0 aliphatic heterocycles. The quantitative estimate of drug-likeness (QED) is 0.768. The van der Waals surface area contributed by atoms with E-state index in [0.717, 1.165) is 16.3 Å². The summed E-state index contributed by atoms with van der Waals surface area (Å²) in [5.74, 6) is -0.284. The largest absolute Gasteiger partial charge is 0.507 e. The van der Waals surface area contributed by atoms with Gasteiger partial charge in [-0.1, -0.05) is 42.5 Å². The molecule has 3 rings (SSSR count). The van der Waals surface area contributed by atoms with Crippen molar-refractivity contribution in [2.45, 2.75) is 13.5 Å². The average Bonchev–Trinajstić information content (AvgIpc) is 3.05. The fourth-order valence-corrected chi connectivity index (χ4v) is 3.04.